The summed E-state index contributed by atoms with van der Waals surface area (Å²) >= 11 is 0. The third-order valence-electron chi connectivity index (χ3n) is 7.18. The predicted octanol–water partition coefficient (Wildman–Crippen LogP) is 6.80. The van der Waals surface area contributed by atoms with E-state index in [1.807, 2.05) is 86.6 Å². The average molecular weight is 513 g/mol. The second kappa shape index (κ2) is 9.00. The number of hydrogen-bond acceptors (Lipinski definition) is 4. The van der Waals surface area contributed by atoms with Gasteiger partial charge in [-0.1, -0.05) is 121 Å². The molecule has 5 heteroatoms. The molecule has 0 N–H and O–H groups in total. The van der Waals surface area contributed by atoms with Crippen LogP contribution in [0.4, 0.5) is 0 Å². The van der Waals surface area contributed by atoms with Crippen molar-refractivity contribution in [1.29, 1.82) is 0 Å². The summed E-state index contributed by atoms with van der Waals surface area (Å²) in [6, 6.07) is 40.9. The largest absolute Gasteiger partial charge is 0.342 e. The molecule has 6 rings (SSSR count). The van der Waals surface area contributed by atoms with E-state index in [1.54, 1.807) is 0 Å². The Balaban J connectivity index is 1.67. The lowest BCUT2D eigenvalue weighted by atomic mass is 9.76. The molecule has 3 atom stereocenters. The number of benzene rings is 4. The second-order valence-electron chi connectivity index (χ2n) is 9.73. The first-order chi connectivity index (χ1) is 17.5. The van der Waals surface area contributed by atoms with Gasteiger partial charge in [0.05, 0.1) is 9.83 Å². The monoisotopic (exact) mass is 512 g/mol. The lowest BCUT2D eigenvalue weighted by Crippen LogP contribution is -2.59. The van der Waals surface area contributed by atoms with Gasteiger partial charge in [-0.25, -0.2) is 4.21 Å². The maximum absolute atomic E-state index is 15.0. The van der Waals surface area contributed by atoms with Gasteiger partial charge in [-0.15, -0.1) is 0 Å². The minimum absolute atomic E-state index is 0.402. The summed E-state index contributed by atoms with van der Waals surface area (Å²) in [7, 11) is 0.0399. The zero-order chi connectivity index (χ0) is 24.8. The summed E-state index contributed by atoms with van der Waals surface area (Å²) in [5.74, 6) is -0.853. The first kappa shape index (κ1) is 23.7. The number of ether oxygens (including phenoxy) is 2. The molecule has 4 aromatic carbocycles. The normalized spacial score (nSPS) is 25.7. The highest BCUT2D eigenvalue weighted by molar-refractivity contribution is 8.70. The van der Waals surface area contributed by atoms with E-state index in [4.69, 9.17) is 9.47 Å². The topological polar surface area (TPSA) is 35.5 Å². The van der Waals surface area contributed by atoms with Gasteiger partial charge in [0.15, 0.2) is 5.79 Å². The fourth-order valence-corrected chi connectivity index (χ4v) is 10.7. The quantitative estimate of drug-likeness (QED) is 0.282. The van der Waals surface area contributed by atoms with Crippen molar-refractivity contribution in [3.63, 3.8) is 0 Å². The van der Waals surface area contributed by atoms with E-state index in [2.05, 4.69) is 48.5 Å². The Kier molecular flexibility index (Phi) is 5.92. The highest BCUT2D eigenvalue weighted by Crippen LogP contribution is 2.64. The van der Waals surface area contributed by atoms with Crippen LogP contribution in [0.2, 0.25) is 0 Å². The van der Waals surface area contributed by atoms with Crippen LogP contribution in [-0.4, -0.2) is 22.2 Å². The third-order valence-corrected chi connectivity index (χ3v) is 11.6. The molecule has 1 unspecified atom stereocenters. The maximum atomic E-state index is 15.0. The van der Waals surface area contributed by atoms with Crippen LogP contribution in [0.1, 0.15) is 36.1 Å². The zero-order valence-electron chi connectivity index (χ0n) is 20.2. The molecule has 2 aliphatic heterocycles. The van der Waals surface area contributed by atoms with Gasteiger partial charge in [0.1, 0.15) is 21.7 Å². The Bertz CT molecular complexity index is 1280. The van der Waals surface area contributed by atoms with Crippen LogP contribution in [0.25, 0.3) is 0 Å². The molecular formula is C31H28O3S2. The van der Waals surface area contributed by atoms with E-state index in [-0.39, 0.29) is 0 Å². The van der Waals surface area contributed by atoms with Crippen molar-refractivity contribution in [2.75, 3.05) is 0 Å². The SMILES string of the molecule is CC1(C)O[C@H]2[C@H](O1)C(c1ccccc1)(c1ccccc1)S(=O)SC2(c1ccccc1)c1ccccc1. The summed E-state index contributed by atoms with van der Waals surface area (Å²) < 4.78 is 27.0. The standard InChI is InChI=1S/C31H28O3S2/c1-29(2)33-27-28(34-29)31(25-19-11-5-12-20-25,26-21-13-6-14-22-26)36(32)35-30(27,23-15-7-3-8-16-23)24-17-9-4-10-18-24/h3-22,27-28H,1-2H3/t27-,28-,36?/m0/s1. The summed E-state index contributed by atoms with van der Waals surface area (Å²) in [5, 5.41) is 0. The van der Waals surface area contributed by atoms with Gasteiger partial charge in [0.2, 0.25) is 0 Å². The molecule has 4 aromatic rings. The molecule has 2 fully saturated rings. The van der Waals surface area contributed by atoms with Gasteiger partial charge in [-0.05, 0) is 46.9 Å². The molecule has 0 aromatic heterocycles. The molecule has 3 nitrogen and oxygen atoms in total. The minimum atomic E-state index is -1.44. The first-order valence-corrected chi connectivity index (χ1v) is 14.7. The molecule has 2 heterocycles. The van der Waals surface area contributed by atoms with Gasteiger partial charge in [-0.3, -0.25) is 0 Å². The highest BCUT2D eigenvalue weighted by Gasteiger charge is 2.69. The van der Waals surface area contributed by atoms with Crippen molar-refractivity contribution in [2.24, 2.45) is 0 Å². The van der Waals surface area contributed by atoms with Crippen LogP contribution in [0, 0.1) is 0 Å². The average Bonchev–Trinajstić information content (AvgIpc) is 3.26. The molecule has 0 bridgehead atoms. The Morgan fingerprint density at radius 2 is 0.944 bits per heavy atom. The lowest BCUT2D eigenvalue weighted by Gasteiger charge is -2.51. The van der Waals surface area contributed by atoms with Crippen LogP contribution in [-0.2, 0) is 28.8 Å². The molecule has 0 radical (unpaired) electrons. The fourth-order valence-electron chi connectivity index (χ4n) is 5.70. The Morgan fingerprint density at radius 3 is 1.36 bits per heavy atom. The van der Waals surface area contributed by atoms with Crippen molar-refractivity contribution in [3.05, 3.63) is 144 Å². The van der Waals surface area contributed by atoms with E-state index in [0.29, 0.717) is 0 Å². The molecule has 0 spiro atoms. The summed E-state index contributed by atoms with van der Waals surface area (Å²) in [4.78, 5) is 0. The van der Waals surface area contributed by atoms with Gasteiger partial charge in [0.25, 0.3) is 0 Å². The van der Waals surface area contributed by atoms with E-state index in [1.165, 1.54) is 10.8 Å². The van der Waals surface area contributed by atoms with E-state index >= 15 is 0 Å². The van der Waals surface area contributed by atoms with Crippen molar-refractivity contribution < 1.29 is 13.7 Å². The molecule has 182 valence electrons. The molecule has 0 aliphatic carbocycles. The van der Waals surface area contributed by atoms with Crippen molar-refractivity contribution in [3.8, 4) is 0 Å². The van der Waals surface area contributed by atoms with E-state index < -0.39 is 37.3 Å². The minimum Gasteiger partial charge on any atom is -0.342 e. The summed E-state index contributed by atoms with van der Waals surface area (Å²) in [5.41, 5.74) is 4.04. The second-order valence-corrected chi connectivity index (χ2v) is 13.1. The van der Waals surface area contributed by atoms with Crippen LogP contribution >= 0.6 is 10.8 Å². The van der Waals surface area contributed by atoms with E-state index in [9.17, 15) is 4.21 Å². The van der Waals surface area contributed by atoms with Gasteiger partial charge < -0.3 is 9.47 Å². The predicted molar refractivity (Wildman–Crippen MR) is 147 cm³/mol. The highest BCUT2D eigenvalue weighted by atomic mass is 33.1. The number of rotatable bonds is 4. The molecule has 2 aliphatic rings. The first-order valence-electron chi connectivity index (χ1n) is 12.2. The summed E-state index contributed by atoms with van der Waals surface area (Å²) in [6.45, 7) is 3.92. The Morgan fingerprint density at radius 1 is 0.583 bits per heavy atom. The van der Waals surface area contributed by atoms with Crippen LogP contribution in [0.5, 0.6) is 0 Å². The van der Waals surface area contributed by atoms with Gasteiger partial charge in [0, 0.05) is 0 Å². The Labute approximate surface area is 218 Å². The molecule has 0 saturated carbocycles. The van der Waals surface area contributed by atoms with Crippen LogP contribution < -0.4 is 0 Å². The van der Waals surface area contributed by atoms with Crippen LogP contribution in [0.15, 0.2) is 121 Å². The van der Waals surface area contributed by atoms with Crippen molar-refractivity contribution >= 4 is 20.6 Å². The Hall–Kier alpha value is -2.70. The smallest absolute Gasteiger partial charge is 0.163 e. The summed E-state index contributed by atoms with van der Waals surface area (Å²) in [6.07, 6.45) is -0.903. The molecule has 0 amide bonds. The molecular weight excluding hydrogens is 484 g/mol. The van der Waals surface area contributed by atoms with Crippen molar-refractivity contribution in [1.82, 2.24) is 0 Å². The number of fused-ring (bicyclic) bond motifs is 1. The van der Waals surface area contributed by atoms with Gasteiger partial charge in [-0.2, -0.15) is 0 Å². The maximum Gasteiger partial charge on any atom is 0.163 e. The van der Waals surface area contributed by atoms with Gasteiger partial charge >= 0.3 is 0 Å². The van der Waals surface area contributed by atoms with Crippen molar-refractivity contribution in [2.45, 2.75) is 41.3 Å². The van der Waals surface area contributed by atoms with Crippen LogP contribution in [0.3, 0.4) is 0 Å². The fraction of sp³-hybridized carbons (Fsp3) is 0.226. The molecule has 36 heavy (non-hydrogen) atoms. The molecule has 2 saturated heterocycles. The van der Waals surface area contributed by atoms with E-state index in [0.717, 1.165) is 22.3 Å². The zero-order valence-corrected chi connectivity index (χ0v) is 21.9. The third kappa shape index (κ3) is 3.52. The number of hydrogen-bond donors (Lipinski definition) is 0. The lowest BCUT2D eigenvalue weighted by molar-refractivity contribution is -0.149.